The standard InChI is InChI=1S/C13H18O5Si/c1-16-10-7-6-9(8-11(10)17-2)12(14)13(15)18-19(3,4)5/h6-8H,1-5H3. The third kappa shape index (κ3) is 4.10. The van der Waals surface area contributed by atoms with Crippen molar-refractivity contribution in [2.24, 2.45) is 0 Å². The van der Waals surface area contributed by atoms with Crippen LogP contribution in [-0.4, -0.2) is 34.3 Å². The van der Waals surface area contributed by atoms with Crippen LogP contribution in [0.5, 0.6) is 11.5 Å². The van der Waals surface area contributed by atoms with E-state index in [2.05, 4.69) is 0 Å². The predicted octanol–water partition coefficient (Wildman–Crippen LogP) is 2.26. The Morgan fingerprint density at radius 2 is 1.58 bits per heavy atom. The molecule has 104 valence electrons. The van der Waals surface area contributed by atoms with Crippen molar-refractivity contribution in [1.82, 2.24) is 0 Å². The van der Waals surface area contributed by atoms with Crippen molar-refractivity contribution in [2.75, 3.05) is 14.2 Å². The predicted molar refractivity (Wildman–Crippen MR) is 73.3 cm³/mol. The molecule has 1 aromatic rings. The Morgan fingerprint density at radius 3 is 2.05 bits per heavy atom. The minimum Gasteiger partial charge on any atom is -0.514 e. The molecule has 0 aliphatic heterocycles. The lowest BCUT2D eigenvalue weighted by Gasteiger charge is -2.16. The van der Waals surface area contributed by atoms with E-state index in [9.17, 15) is 9.59 Å². The minimum atomic E-state index is -2.08. The van der Waals surface area contributed by atoms with Gasteiger partial charge in [0.15, 0.2) is 11.5 Å². The second-order valence-corrected chi connectivity index (χ2v) is 9.33. The molecule has 0 bridgehead atoms. The van der Waals surface area contributed by atoms with Gasteiger partial charge in [-0.2, -0.15) is 0 Å². The minimum absolute atomic E-state index is 0.223. The zero-order chi connectivity index (χ0) is 14.6. The molecule has 0 atom stereocenters. The third-order valence-electron chi connectivity index (χ3n) is 2.23. The van der Waals surface area contributed by atoms with E-state index >= 15 is 0 Å². The molecule has 0 amide bonds. The monoisotopic (exact) mass is 282 g/mol. The molecule has 0 aromatic heterocycles. The summed E-state index contributed by atoms with van der Waals surface area (Å²) in [5.74, 6) is -0.610. The van der Waals surface area contributed by atoms with Crippen molar-refractivity contribution in [3.63, 3.8) is 0 Å². The van der Waals surface area contributed by atoms with Crippen LogP contribution in [0, 0.1) is 0 Å². The van der Waals surface area contributed by atoms with Gasteiger partial charge in [0, 0.05) is 5.56 Å². The largest absolute Gasteiger partial charge is 0.514 e. The van der Waals surface area contributed by atoms with Crippen molar-refractivity contribution in [1.29, 1.82) is 0 Å². The zero-order valence-electron chi connectivity index (χ0n) is 11.8. The Morgan fingerprint density at radius 1 is 1.00 bits per heavy atom. The van der Waals surface area contributed by atoms with Crippen LogP contribution in [0.4, 0.5) is 0 Å². The molecule has 0 spiro atoms. The topological polar surface area (TPSA) is 61.8 Å². The molecule has 0 N–H and O–H groups in total. The smallest absolute Gasteiger partial charge is 0.366 e. The van der Waals surface area contributed by atoms with Crippen molar-refractivity contribution in [2.45, 2.75) is 19.6 Å². The number of hydrogen-bond acceptors (Lipinski definition) is 5. The van der Waals surface area contributed by atoms with Gasteiger partial charge in [0.2, 0.25) is 8.32 Å². The van der Waals surface area contributed by atoms with E-state index in [4.69, 9.17) is 13.9 Å². The summed E-state index contributed by atoms with van der Waals surface area (Å²) in [7, 11) is 0.882. The number of hydrogen-bond donors (Lipinski definition) is 0. The molecular formula is C13H18O5Si. The average molecular weight is 282 g/mol. The van der Waals surface area contributed by atoms with Crippen LogP contribution in [-0.2, 0) is 9.22 Å². The highest BCUT2D eigenvalue weighted by molar-refractivity contribution is 6.72. The van der Waals surface area contributed by atoms with Crippen molar-refractivity contribution in [3.8, 4) is 11.5 Å². The van der Waals surface area contributed by atoms with Gasteiger partial charge >= 0.3 is 5.97 Å². The highest BCUT2D eigenvalue weighted by Crippen LogP contribution is 2.27. The lowest BCUT2D eigenvalue weighted by Crippen LogP contribution is -2.33. The maximum atomic E-state index is 11.9. The fourth-order valence-corrected chi connectivity index (χ4v) is 2.07. The first-order chi connectivity index (χ1) is 8.78. The maximum Gasteiger partial charge on any atom is 0.366 e. The summed E-state index contributed by atoms with van der Waals surface area (Å²) in [5.41, 5.74) is 0.223. The highest BCUT2D eigenvalue weighted by Gasteiger charge is 2.26. The summed E-state index contributed by atoms with van der Waals surface area (Å²) in [6.07, 6.45) is 0. The van der Waals surface area contributed by atoms with Crippen LogP contribution in [0.15, 0.2) is 18.2 Å². The Kier molecular flexibility index (Phi) is 4.71. The number of Topliss-reactive ketones (excluding diaryl/α,β-unsaturated/α-hetero) is 1. The van der Waals surface area contributed by atoms with E-state index in [1.165, 1.54) is 26.4 Å². The quantitative estimate of drug-likeness (QED) is 0.471. The number of carbonyl (C=O) groups is 2. The Bertz CT molecular complexity index is 490. The van der Waals surface area contributed by atoms with E-state index in [0.29, 0.717) is 11.5 Å². The van der Waals surface area contributed by atoms with Crippen LogP contribution < -0.4 is 9.47 Å². The van der Waals surface area contributed by atoms with Gasteiger partial charge in [0.1, 0.15) is 0 Å². The van der Waals surface area contributed by atoms with Crippen molar-refractivity contribution in [3.05, 3.63) is 23.8 Å². The van der Waals surface area contributed by atoms with Crippen LogP contribution in [0.2, 0.25) is 19.6 Å². The van der Waals surface area contributed by atoms with Gasteiger partial charge < -0.3 is 13.9 Å². The molecule has 0 fully saturated rings. The van der Waals surface area contributed by atoms with E-state index < -0.39 is 20.1 Å². The molecule has 0 saturated heterocycles. The zero-order valence-corrected chi connectivity index (χ0v) is 12.8. The number of methoxy groups -OCH3 is 2. The molecule has 19 heavy (non-hydrogen) atoms. The van der Waals surface area contributed by atoms with E-state index in [1.807, 2.05) is 19.6 Å². The Balaban J connectivity index is 2.97. The maximum absolute atomic E-state index is 11.9. The van der Waals surface area contributed by atoms with Gasteiger partial charge in [-0.3, -0.25) is 4.79 Å². The van der Waals surface area contributed by atoms with Crippen LogP contribution >= 0.6 is 0 Å². The number of ether oxygens (including phenoxy) is 2. The van der Waals surface area contributed by atoms with Gasteiger partial charge in [-0.05, 0) is 37.8 Å². The molecule has 1 aromatic carbocycles. The number of rotatable bonds is 5. The summed E-state index contributed by atoms with van der Waals surface area (Å²) in [6, 6.07) is 4.55. The molecule has 0 aliphatic rings. The summed E-state index contributed by atoms with van der Waals surface area (Å²) in [6.45, 7) is 5.52. The lowest BCUT2D eigenvalue weighted by molar-refractivity contribution is -0.130. The van der Waals surface area contributed by atoms with Gasteiger partial charge in [-0.25, -0.2) is 4.79 Å². The first kappa shape index (κ1) is 15.2. The lowest BCUT2D eigenvalue weighted by atomic mass is 10.1. The van der Waals surface area contributed by atoms with Crippen LogP contribution in [0.1, 0.15) is 10.4 Å². The molecule has 0 heterocycles. The molecule has 0 saturated carbocycles. The SMILES string of the molecule is COc1ccc(C(=O)C(=O)O[Si](C)(C)C)cc1OC. The molecule has 5 nitrogen and oxygen atoms in total. The van der Waals surface area contributed by atoms with Crippen LogP contribution in [0.3, 0.4) is 0 Å². The number of carbonyl (C=O) groups excluding carboxylic acids is 2. The van der Waals surface area contributed by atoms with Crippen LogP contribution in [0.25, 0.3) is 0 Å². The first-order valence-electron chi connectivity index (χ1n) is 5.78. The molecule has 1 rings (SSSR count). The summed E-state index contributed by atoms with van der Waals surface area (Å²) < 4.78 is 15.3. The third-order valence-corrected chi connectivity index (χ3v) is 3.03. The van der Waals surface area contributed by atoms with Gasteiger partial charge in [0.05, 0.1) is 14.2 Å². The fraction of sp³-hybridized carbons (Fsp3) is 0.385. The fourth-order valence-electron chi connectivity index (χ4n) is 1.42. The highest BCUT2D eigenvalue weighted by atomic mass is 28.4. The summed E-state index contributed by atoms with van der Waals surface area (Å²) in [4.78, 5) is 23.6. The molecule has 6 heteroatoms. The molecule has 0 radical (unpaired) electrons. The van der Waals surface area contributed by atoms with Gasteiger partial charge in [-0.1, -0.05) is 0 Å². The normalized spacial score (nSPS) is 10.8. The molecule has 0 aliphatic carbocycles. The summed E-state index contributed by atoms with van der Waals surface area (Å²) >= 11 is 0. The van der Waals surface area contributed by atoms with E-state index in [1.54, 1.807) is 6.07 Å². The number of benzene rings is 1. The van der Waals surface area contributed by atoms with Crippen molar-refractivity contribution < 1.29 is 23.5 Å². The summed E-state index contributed by atoms with van der Waals surface area (Å²) in [5, 5.41) is 0. The second kappa shape index (κ2) is 5.88. The Hall–Kier alpha value is -1.82. The first-order valence-corrected chi connectivity index (χ1v) is 9.19. The second-order valence-electron chi connectivity index (χ2n) is 4.90. The van der Waals surface area contributed by atoms with E-state index in [-0.39, 0.29) is 5.56 Å². The molecule has 0 unspecified atom stereocenters. The average Bonchev–Trinajstić information content (AvgIpc) is 2.34. The Labute approximate surface area is 113 Å². The van der Waals surface area contributed by atoms with E-state index in [0.717, 1.165) is 0 Å². The molecular weight excluding hydrogens is 264 g/mol. The van der Waals surface area contributed by atoms with Crippen molar-refractivity contribution >= 4 is 20.1 Å². The van der Waals surface area contributed by atoms with Gasteiger partial charge in [0.25, 0.3) is 5.78 Å². The number of ketones is 1. The van der Waals surface area contributed by atoms with Gasteiger partial charge in [-0.15, -0.1) is 0 Å².